The van der Waals surface area contributed by atoms with Crippen LogP contribution in [0.4, 0.5) is 30.2 Å². The molecule has 0 aliphatic carbocycles. The molecule has 0 bridgehead atoms. The first kappa shape index (κ1) is 13.2. The van der Waals surface area contributed by atoms with Gasteiger partial charge in [0.25, 0.3) is 0 Å². The van der Waals surface area contributed by atoms with Crippen LogP contribution >= 0.6 is 0 Å². The van der Waals surface area contributed by atoms with Crippen LogP contribution in [0.2, 0.25) is 0 Å². The first-order chi connectivity index (χ1) is 10.1. The van der Waals surface area contributed by atoms with Gasteiger partial charge in [0.1, 0.15) is 0 Å². The maximum atomic E-state index is 13.2. The van der Waals surface area contributed by atoms with Gasteiger partial charge in [0.05, 0.1) is 16.9 Å². The van der Waals surface area contributed by atoms with E-state index < -0.39 is 17.5 Å². The van der Waals surface area contributed by atoms with Gasteiger partial charge in [-0.2, -0.15) is 0 Å². The molecule has 0 fully saturated rings. The molecule has 1 aromatic heterocycles. The predicted octanol–water partition coefficient (Wildman–Crippen LogP) is 3.98. The zero-order valence-corrected chi connectivity index (χ0v) is 10.7. The summed E-state index contributed by atoms with van der Waals surface area (Å²) in [5, 5.41) is 3.49. The number of aromatic nitrogens is 1. The van der Waals surface area contributed by atoms with Gasteiger partial charge in [-0.15, -0.1) is 0 Å². The van der Waals surface area contributed by atoms with Crippen LogP contribution < -0.4 is 11.1 Å². The fourth-order valence-electron chi connectivity index (χ4n) is 2.07. The average molecular weight is 289 g/mol. The molecule has 6 heteroatoms. The van der Waals surface area contributed by atoms with Crippen molar-refractivity contribution >= 4 is 28.0 Å². The lowest BCUT2D eigenvalue weighted by molar-refractivity contribution is 0.448. The molecule has 0 aliphatic rings. The average Bonchev–Trinajstić information content (AvgIpc) is 2.48. The molecule has 0 aliphatic heterocycles. The normalized spacial score (nSPS) is 10.8. The predicted molar refractivity (Wildman–Crippen MR) is 75.8 cm³/mol. The standard InChI is InChI=1S/C15H10F3N3/c16-10-6-8(7-11(17)14(10)18)21-13-4-3-12-9(15(13)19)2-1-5-20-12/h1-7,21H,19H2. The number of rotatable bonds is 2. The highest BCUT2D eigenvalue weighted by atomic mass is 19.2. The van der Waals surface area contributed by atoms with Crippen LogP contribution in [0.3, 0.4) is 0 Å². The minimum absolute atomic E-state index is 0.0707. The summed E-state index contributed by atoms with van der Waals surface area (Å²) in [6, 6.07) is 8.62. The molecular formula is C15H10F3N3. The summed E-state index contributed by atoms with van der Waals surface area (Å²) in [4.78, 5) is 4.15. The SMILES string of the molecule is Nc1c(Nc2cc(F)c(F)c(F)c2)ccc2ncccc12. The summed E-state index contributed by atoms with van der Waals surface area (Å²) < 4.78 is 39.3. The van der Waals surface area contributed by atoms with E-state index in [1.165, 1.54) is 0 Å². The van der Waals surface area contributed by atoms with Crippen molar-refractivity contribution in [3.05, 3.63) is 60.0 Å². The maximum Gasteiger partial charge on any atom is 0.194 e. The van der Waals surface area contributed by atoms with Crippen LogP contribution in [0.1, 0.15) is 0 Å². The summed E-state index contributed by atoms with van der Waals surface area (Å²) in [5.41, 5.74) is 7.64. The number of nitrogen functional groups attached to an aromatic ring is 1. The van der Waals surface area contributed by atoms with E-state index >= 15 is 0 Å². The number of nitrogens with two attached hydrogens (primary N) is 1. The number of hydrogen-bond donors (Lipinski definition) is 2. The third-order valence-electron chi connectivity index (χ3n) is 3.09. The Hall–Kier alpha value is -2.76. The minimum atomic E-state index is -1.50. The molecule has 106 valence electrons. The number of halogens is 3. The van der Waals surface area contributed by atoms with E-state index in [1.807, 2.05) is 0 Å². The third-order valence-corrected chi connectivity index (χ3v) is 3.09. The number of pyridine rings is 1. The zero-order valence-electron chi connectivity index (χ0n) is 10.7. The molecule has 1 heterocycles. The molecular weight excluding hydrogens is 279 g/mol. The molecule has 21 heavy (non-hydrogen) atoms. The smallest absolute Gasteiger partial charge is 0.194 e. The van der Waals surface area contributed by atoms with E-state index in [4.69, 9.17) is 5.73 Å². The minimum Gasteiger partial charge on any atom is -0.396 e. The molecule has 0 spiro atoms. The van der Waals surface area contributed by atoms with Crippen LogP contribution in [0.5, 0.6) is 0 Å². The Balaban J connectivity index is 2.04. The number of hydrogen-bond acceptors (Lipinski definition) is 3. The molecule has 0 saturated carbocycles. The van der Waals surface area contributed by atoms with Gasteiger partial charge in [-0.3, -0.25) is 4.98 Å². The molecule has 2 aromatic carbocycles. The number of nitrogens with one attached hydrogen (secondary N) is 1. The Morgan fingerprint density at radius 2 is 1.71 bits per heavy atom. The van der Waals surface area contributed by atoms with Crippen molar-refractivity contribution in [2.24, 2.45) is 0 Å². The van der Waals surface area contributed by atoms with Crippen LogP contribution in [0.25, 0.3) is 10.9 Å². The monoisotopic (exact) mass is 289 g/mol. The first-order valence-electron chi connectivity index (χ1n) is 6.11. The largest absolute Gasteiger partial charge is 0.396 e. The topological polar surface area (TPSA) is 50.9 Å². The first-order valence-corrected chi connectivity index (χ1v) is 6.11. The molecule has 0 amide bonds. The zero-order chi connectivity index (χ0) is 15.0. The molecule has 3 nitrogen and oxygen atoms in total. The van der Waals surface area contributed by atoms with Gasteiger partial charge in [-0.1, -0.05) is 0 Å². The molecule has 0 atom stereocenters. The van der Waals surface area contributed by atoms with E-state index in [9.17, 15) is 13.2 Å². The van der Waals surface area contributed by atoms with E-state index in [1.54, 1.807) is 30.5 Å². The van der Waals surface area contributed by atoms with Crippen molar-refractivity contribution < 1.29 is 13.2 Å². The van der Waals surface area contributed by atoms with E-state index in [-0.39, 0.29) is 5.69 Å². The number of anilines is 3. The lowest BCUT2D eigenvalue weighted by Gasteiger charge is -2.12. The Morgan fingerprint density at radius 3 is 2.43 bits per heavy atom. The van der Waals surface area contributed by atoms with Gasteiger partial charge in [0, 0.05) is 29.4 Å². The summed E-state index contributed by atoms with van der Waals surface area (Å²) in [6.07, 6.45) is 1.64. The maximum absolute atomic E-state index is 13.2. The summed E-state index contributed by atoms with van der Waals surface area (Å²) in [7, 11) is 0. The van der Waals surface area contributed by atoms with Crippen LogP contribution in [-0.4, -0.2) is 4.98 Å². The van der Waals surface area contributed by atoms with Crippen molar-refractivity contribution in [2.75, 3.05) is 11.1 Å². The molecule has 0 unspecified atom stereocenters. The summed E-state index contributed by atoms with van der Waals surface area (Å²) in [6.45, 7) is 0. The van der Waals surface area contributed by atoms with Crippen molar-refractivity contribution in [3.63, 3.8) is 0 Å². The Kier molecular flexibility index (Phi) is 3.13. The quantitative estimate of drug-likeness (QED) is 0.554. The molecule has 0 radical (unpaired) electrons. The molecule has 3 aromatic rings. The van der Waals surface area contributed by atoms with Crippen LogP contribution in [0.15, 0.2) is 42.6 Å². The van der Waals surface area contributed by atoms with Gasteiger partial charge < -0.3 is 11.1 Å². The molecule has 3 N–H and O–H groups in total. The fourth-order valence-corrected chi connectivity index (χ4v) is 2.07. The highest BCUT2D eigenvalue weighted by molar-refractivity contribution is 5.97. The Bertz CT molecular complexity index is 811. The van der Waals surface area contributed by atoms with Crippen LogP contribution in [0, 0.1) is 17.5 Å². The lowest BCUT2D eigenvalue weighted by atomic mass is 10.1. The molecule has 0 saturated heterocycles. The fraction of sp³-hybridized carbons (Fsp3) is 0. The lowest BCUT2D eigenvalue weighted by Crippen LogP contribution is -2.00. The van der Waals surface area contributed by atoms with E-state index in [0.29, 0.717) is 22.3 Å². The van der Waals surface area contributed by atoms with E-state index in [2.05, 4.69) is 10.3 Å². The van der Waals surface area contributed by atoms with Gasteiger partial charge in [0.15, 0.2) is 17.5 Å². The second kappa shape index (κ2) is 4.97. The van der Waals surface area contributed by atoms with Gasteiger partial charge in [0.2, 0.25) is 0 Å². The summed E-state index contributed by atoms with van der Waals surface area (Å²) >= 11 is 0. The van der Waals surface area contributed by atoms with Crippen molar-refractivity contribution in [2.45, 2.75) is 0 Å². The highest BCUT2D eigenvalue weighted by Gasteiger charge is 2.12. The van der Waals surface area contributed by atoms with Crippen molar-refractivity contribution in [3.8, 4) is 0 Å². The third kappa shape index (κ3) is 2.35. The van der Waals surface area contributed by atoms with Gasteiger partial charge in [-0.05, 0) is 24.3 Å². The number of fused-ring (bicyclic) bond motifs is 1. The van der Waals surface area contributed by atoms with E-state index in [0.717, 1.165) is 12.1 Å². The second-order valence-corrected chi connectivity index (χ2v) is 4.48. The van der Waals surface area contributed by atoms with Crippen molar-refractivity contribution in [1.82, 2.24) is 4.98 Å². The Labute approximate surface area is 118 Å². The highest BCUT2D eigenvalue weighted by Crippen LogP contribution is 2.30. The van der Waals surface area contributed by atoms with Crippen molar-refractivity contribution in [1.29, 1.82) is 0 Å². The number of nitrogens with zero attached hydrogens (tertiary/aromatic N) is 1. The second-order valence-electron chi connectivity index (χ2n) is 4.48. The van der Waals surface area contributed by atoms with Gasteiger partial charge >= 0.3 is 0 Å². The summed E-state index contributed by atoms with van der Waals surface area (Å²) in [5.74, 6) is -4.03. The molecule has 3 rings (SSSR count). The van der Waals surface area contributed by atoms with Gasteiger partial charge in [-0.25, -0.2) is 13.2 Å². The van der Waals surface area contributed by atoms with Crippen LogP contribution in [-0.2, 0) is 0 Å². The Morgan fingerprint density at radius 1 is 1.00 bits per heavy atom. The number of benzene rings is 2.